The Hall–Kier alpha value is -3.35. The van der Waals surface area contributed by atoms with Gasteiger partial charge in [0.25, 0.3) is 5.91 Å². The van der Waals surface area contributed by atoms with Crippen molar-refractivity contribution in [2.45, 2.75) is 32.6 Å². The van der Waals surface area contributed by atoms with Crippen molar-refractivity contribution in [3.8, 4) is 5.75 Å². The van der Waals surface area contributed by atoms with E-state index in [1.165, 1.54) is 0 Å². The van der Waals surface area contributed by atoms with E-state index in [-0.39, 0.29) is 25.0 Å². The van der Waals surface area contributed by atoms with Crippen molar-refractivity contribution < 1.29 is 23.5 Å². The number of oxazole rings is 1. The maximum absolute atomic E-state index is 12.4. The van der Waals surface area contributed by atoms with E-state index in [9.17, 15) is 9.59 Å². The monoisotopic (exact) mass is 422 g/mol. The topological polar surface area (TPSA) is 81.9 Å². The summed E-state index contributed by atoms with van der Waals surface area (Å²) in [4.78, 5) is 30.7. The van der Waals surface area contributed by atoms with Gasteiger partial charge in [0.1, 0.15) is 11.3 Å². The molecule has 4 rings (SSSR count). The van der Waals surface area contributed by atoms with Crippen molar-refractivity contribution in [1.29, 1.82) is 0 Å². The van der Waals surface area contributed by atoms with E-state index in [1.54, 1.807) is 4.90 Å². The fourth-order valence-corrected chi connectivity index (χ4v) is 3.87. The molecule has 162 valence electrons. The molecule has 2 heterocycles. The molecule has 7 nitrogen and oxygen atoms in total. The first-order valence-corrected chi connectivity index (χ1v) is 10.5. The number of rotatable bonds is 6. The Morgan fingerprint density at radius 2 is 1.77 bits per heavy atom. The van der Waals surface area contributed by atoms with E-state index in [2.05, 4.69) is 4.98 Å². The van der Waals surface area contributed by atoms with Gasteiger partial charge < -0.3 is 18.8 Å². The molecule has 1 aliphatic heterocycles. The number of hydrogen-bond donors (Lipinski definition) is 0. The lowest BCUT2D eigenvalue weighted by Gasteiger charge is -2.30. The first-order valence-electron chi connectivity index (χ1n) is 10.5. The van der Waals surface area contributed by atoms with E-state index >= 15 is 0 Å². The van der Waals surface area contributed by atoms with Crippen LogP contribution < -0.4 is 4.74 Å². The lowest BCUT2D eigenvalue weighted by atomic mass is 9.97. The van der Waals surface area contributed by atoms with Crippen LogP contribution in [0.15, 0.2) is 46.9 Å². The minimum absolute atomic E-state index is 0.185. The number of fused-ring (bicyclic) bond motifs is 1. The van der Waals surface area contributed by atoms with Gasteiger partial charge in [-0.1, -0.05) is 18.2 Å². The Morgan fingerprint density at radius 1 is 1.06 bits per heavy atom. The Labute approximate surface area is 181 Å². The summed E-state index contributed by atoms with van der Waals surface area (Å²) >= 11 is 0. The van der Waals surface area contributed by atoms with Crippen molar-refractivity contribution in [2.24, 2.45) is 0 Å². The molecule has 0 unspecified atom stereocenters. The molecule has 1 amide bonds. The Morgan fingerprint density at radius 3 is 2.48 bits per heavy atom. The summed E-state index contributed by atoms with van der Waals surface area (Å²) in [7, 11) is 0. The second-order valence-electron chi connectivity index (χ2n) is 7.95. The number of aromatic nitrogens is 1. The molecule has 0 saturated carbocycles. The standard InChI is InChI=1S/C24H26N2O5/c1-16-11-17(2)13-19(12-16)29-15-23(28)30-14-22(27)26-9-7-18(8-10-26)24-25-20-5-3-4-6-21(20)31-24/h3-6,11-13,18H,7-10,14-15H2,1-2H3. The Kier molecular flexibility index (Phi) is 6.21. The van der Waals surface area contributed by atoms with Gasteiger partial charge in [-0.3, -0.25) is 4.79 Å². The largest absolute Gasteiger partial charge is 0.482 e. The third-order valence-electron chi connectivity index (χ3n) is 5.42. The number of aryl methyl sites for hydroxylation is 2. The van der Waals surface area contributed by atoms with E-state index in [4.69, 9.17) is 13.9 Å². The number of likely N-dealkylation sites (tertiary alicyclic amines) is 1. The number of amides is 1. The molecule has 1 saturated heterocycles. The number of benzene rings is 2. The fraction of sp³-hybridized carbons (Fsp3) is 0.375. The normalized spacial score (nSPS) is 14.6. The summed E-state index contributed by atoms with van der Waals surface area (Å²) in [6, 6.07) is 13.4. The molecular weight excluding hydrogens is 396 g/mol. The van der Waals surface area contributed by atoms with E-state index in [0.717, 1.165) is 41.0 Å². The molecule has 1 fully saturated rings. The van der Waals surface area contributed by atoms with Crippen molar-refractivity contribution in [3.05, 3.63) is 59.5 Å². The number of carbonyl (C=O) groups excluding carboxylic acids is 2. The van der Waals surface area contributed by atoms with Crippen LogP contribution in [0.25, 0.3) is 11.1 Å². The van der Waals surface area contributed by atoms with Gasteiger partial charge in [-0.25, -0.2) is 9.78 Å². The van der Waals surface area contributed by atoms with Crippen LogP contribution in [-0.4, -0.2) is 48.1 Å². The van der Waals surface area contributed by atoms with Crippen LogP contribution in [0.4, 0.5) is 0 Å². The number of para-hydroxylation sites is 2. The van der Waals surface area contributed by atoms with Crippen molar-refractivity contribution in [1.82, 2.24) is 9.88 Å². The third-order valence-corrected chi connectivity index (χ3v) is 5.42. The molecule has 0 N–H and O–H groups in total. The van der Waals surface area contributed by atoms with Crippen LogP contribution >= 0.6 is 0 Å². The molecule has 0 bridgehead atoms. The highest BCUT2D eigenvalue weighted by Crippen LogP contribution is 2.29. The molecular formula is C24H26N2O5. The molecule has 1 aliphatic rings. The highest BCUT2D eigenvalue weighted by Gasteiger charge is 2.27. The number of esters is 1. The lowest BCUT2D eigenvalue weighted by Crippen LogP contribution is -2.40. The molecule has 0 spiro atoms. The maximum Gasteiger partial charge on any atom is 0.344 e. The van der Waals surface area contributed by atoms with Crippen LogP contribution in [0, 0.1) is 13.8 Å². The van der Waals surface area contributed by atoms with Crippen LogP contribution in [-0.2, 0) is 14.3 Å². The maximum atomic E-state index is 12.4. The summed E-state index contributed by atoms with van der Waals surface area (Å²) in [6.45, 7) is 4.59. The summed E-state index contributed by atoms with van der Waals surface area (Å²) in [6.07, 6.45) is 1.53. The van der Waals surface area contributed by atoms with Crippen LogP contribution in [0.3, 0.4) is 0 Å². The zero-order chi connectivity index (χ0) is 21.8. The Bertz CT molecular complexity index is 1030. The molecule has 2 aromatic carbocycles. The molecule has 0 atom stereocenters. The number of ether oxygens (including phenoxy) is 2. The van der Waals surface area contributed by atoms with Crippen molar-refractivity contribution >= 4 is 23.0 Å². The third kappa shape index (κ3) is 5.23. The minimum atomic E-state index is -0.561. The van der Waals surface area contributed by atoms with Gasteiger partial charge in [0.15, 0.2) is 24.7 Å². The summed E-state index contributed by atoms with van der Waals surface area (Å²) in [5.41, 5.74) is 3.75. The van der Waals surface area contributed by atoms with E-state index < -0.39 is 5.97 Å². The summed E-state index contributed by atoms with van der Waals surface area (Å²) < 4.78 is 16.4. The number of carbonyl (C=O) groups is 2. The van der Waals surface area contributed by atoms with E-state index in [0.29, 0.717) is 18.8 Å². The van der Waals surface area contributed by atoms with Gasteiger partial charge in [0.2, 0.25) is 0 Å². The molecule has 3 aromatic rings. The fourth-order valence-electron chi connectivity index (χ4n) is 3.87. The van der Waals surface area contributed by atoms with Gasteiger partial charge in [-0.05, 0) is 62.1 Å². The smallest absolute Gasteiger partial charge is 0.344 e. The lowest BCUT2D eigenvalue weighted by molar-refractivity contribution is -0.154. The molecule has 1 aromatic heterocycles. The van der Waals surface area contributed by atoms with Gasteiger partial charge in [0, 0.05) is 19.0 Å². The average Bonchev–Trinajstić information content (AvgIpc) is 3.20. The second kappa shape index (κ2) is 9.20. The van der Waals surface area contributed by atoms with Gasteiger partial charge in [-0.2, -0.15) is 0 Å². The summed E-state index contributed by atoms with van der Waals surface area (Å²) in [5, 5.41) is 0. The quantitative estimate of drug-likeness (QED) is 0.563. The number of piperidine rings is 1. The number of nitrogens with zero attached hydrogens (tertiary/aromatic N) is 2. The Balaban J connectivity index is 1.21. The molecule has 0 aliphatic carbocycles. The van der Waals surface area contributed by atoms with Crippen molar-refractivity contribution in [3.63, 3.8) is 0 Å². The number of hydrogen-bond acceptors (Lipinski definition) is 6. The van der Waals surface area contributed by atoms with Crippen molar-refractivity contribution in [2.75, 3.05) is 26.3 Å². The zero-order valence-electron chi connectivity index (χ0n) is 17.8. The zero-order valence-corrected chi connectivity index (χ0v) is 17.8. The van der Waals surface area contributed by atoms with Gasteiger partial charge in [0.05, 0.1) is 0 Å². The average molecular weight is 422 g/mol. The van der Waals surface area contributed by atoms with E-state index in [1.807, 2.05) is 56.3 Å². The van der Waals surface area contributed by atoms with Crippen LogP contribution in [0.2, 0.25) is 0 Å². The van der Waals surface area contributed by atoms with Crippen LogP contribution in [0.1, 0.15) is 35.8 Å². The molecule has 0 radical (unpaired) electrons. The molecule has 31 heavy (non-hydrogen) atoms. The first kappa shape index (κ1) is 20.9. The second-order valence-corrected chi connectivity index (χ2v) is 7.95. The highest BCUT2D eigenvalue weighted by atomic mass is 16.6. The predicted octanol–water partition coefficient (Wildman–Crippen LogP) is 3.77. The predicted molar refractivity (Wildman–Crippen MR) is 115 cm³/mol. The minimum Gasteiger partial charge on any atom is -0.482 e. The highest BCUT2D eigenvalue weighted by molar-refractivity contribution is 5.81. The first-order chi connectivity index (χ1) is 15.0. The molecule has 7 heteroatoms. The van der Waals surface area contributed by atoms with Crippen LogP contribution in [0.5, 0.6) is 5.75 Å². The SMILES string of the molecule is Cc1cc(C)cc(OCC(=O)OCC(=O)N2CCC(c3nc4ccccc4o3)CC2)c1. The van der Waals surface area contributed by atoms with Gasteiger partial charge >= 0.3 is 5.97 Å². The van der Waals surface area contributed by atoms with Gasteiger partial charge in [-0.15, -0.1) is 0 Å². The summed E-state index contributed by atoms with van der Waals surface area (Å²) in [5.74, 6) is 0.764.